The average molecular weight is 636 g/mol. The average Bonchev–Trinajstić information content (AvgIpc) is 3.47. The topological polar surface area (TPSA) is 63.7 Å². The van der Waals surface area contributed by atoms with Gasteiger partial charge in [-0.25, -0.2) is 14.2 Å². The van der Waals surface area contributed by atoms with Crippen LogP contribution in [-0.2, 0) is 9.47 Å². The van der Waals surface area contributed by atoms with Crippen LogP contribution in [0.1, 0.15) is 88.6 Å². The van der Waals surface area contributed by atoms with Crippen molar-refractivity contribution in [1.29, 1.82) is 0 Å². The Kier molecular flexibility index (Phi) is 12.7. The summed E-state index contributed by atoms with van der Waals surface area (Å²) in [6.45, 7) is 12.0. The molecule has 1 fully saturated rings. The molecule has 2 aliphatic heterocycles. The second kappa shape index (κ2) is 16.5. The minimum absolute atomic E-state index is 0.0920. The molecular formula is C37H50FN3O3S. The molecule has 0 aliphatic carbocycles. The lowest BCUT2D eigenvalue weighted by molar-refractivity contribution is -0.0647. The fourth-order valence-corrected chi connectivity index (χ4v) is 7.56. The van der Waals surface area contributed by atoms with Crippen LogP contribution in [0.4, 0.5) is 9.52 Å². The van der Waals surface area contributed by atoms with Crippen molar-refractivity contribution >= 4 is 28.0 Å². The Bertz CT molecular complexity index is 1450. The van der Waals surface area contributed by atoms with Crippen molar-refractivity contribution in [3.05, 3.63) is 65.6 Å². The van der Waals surface area contributed by atoms with Crippen molar-refractivity contribution in [3.8, 4) is 21.6 Å². The number of carbonyl (C=O) groups is 1. The molecular weight excluding hydrogens is 585 g/mol. The molecule has 0 amide bonds. The highest BCUT2D eigenvalue weighted by atomic mass is 32.1. The van der Waals surface area contributed by atoms with Crippen LogP contribution in [0.25, 0.3) is 27.1 Å². The van der Waals surface area contributed by atoms with Gasteiger partial charge in [0.2, 0.25) is 0 Å². The third-order valence-electron chi connectivity index (χ3n) is 9.29. The maximum atomic E-state index is 15.6. The molecule has 2 unspecified atom stereocenters. The number of thiazole rings is 1. The smallest absolute Gasteiger partial charge is 0.338 e. The van der Waals surface area contributed by atoms with Crippen molar-refractivity contribution in [1.82, 2.24) is 10.3 Å². The van der Waals surface area contributed by atoms with E-state index in [0.717, 1.165) is 84.1 Å². The van der Waals surface area contributed by atoms with Gasteiger partial charge in [-0.3, -0.25) is 0 Å². The van der Waals surface area contributed by atoms with E-state index in [4.69, 9.17) is 14.5 Å². The summed E-state index contributed by atoms with van der Waals surface area (Å²) in [7, 11) is 3.26. The summed E-state index contributed by atoms with van der Waals surface area (Å²) in [5.74, 6) is -0.140. The molecule has 2 aliphatic rings. The maximum Gasteiger partial charge on any atom is 0.338 e. The largest absolute Gasteiger partial charge is 0.465 e. The Hall–Kier alpha value is -3.07. The quantitative estimate of drug-likeness (QED) is 0.224. The molecule has 244 valence electrons. The van der Waals surface area contributed by atoms with Gasteiger partial charge < -0.3 is 19.7 Å². The SMILES string of the molecule is CC.CCCCC(C)C1(OC)CCCN(c2ncc(-c3ccc(-c4ccc(C(=O)OC)c(C5=CCNCC5)c4)cc3F)s2)CC1. The number of anilines is 1. The molecule has 5 rings (SSSR count). The van der Waals surface area contributed by atoms with Gasteiger partial charge in [0.1, 0.15) is 5.82 Å². The Labute approximate surface area is 273 Å². The third kappa shape index (κ3) is 8.02. The number of hydrogen-bond acceptors (Lipinski definition) is 7. The summed E-state index contributed by atoms with van der Waals surface area (Å²) >= 11 is 1.55. The van der Waals surface area contributed by atoms with Crippen molar-refractivity contribution < 1.29 is 18.7 Å². The first-order valence-corrected chi connectivity index (χ1v) is 17.4. The lowest BCUT2D eigenvalue weighted by Crippen LogP contribution is -2.40. The Morgan fingerprint density at radius 2 is 1.89 bits per heavy atom. The van der Waals surface area contributed by atoms with Crippen molar-refractivity contribution in [2.45, 2.75) is 78.2 Å². The number of methoxy groups -OCH3 is 2. The van der Waals surface area contributed by atoms with E-state index in [1.54, 1.807) is 29.7 Å². The molecule has 1 aromatic heterocycles. The van der Waals surface area contributed by atoms with Crippen LogP contribution in [0.5, 0.6) is 0 Å². The highest BCUT2D eigenvalue weighted by Crippen LogP contribution is 2.40. The van der Waals surface area contributed by atoms with Gasteiger partial charge in [-0.2, -0.15) is 0 Å². The molecule has 2 atom stereocenters. The molecule has 1 saturated heterocycles. The molecule has 1 N–H and O–H groups in total. The van der Waals surface area contributed by atoms with E-state index >= 15 is 4.39 Å². The highest BCUT2D eigenvalue weighted by Gasteiger charge is 2.38. The molecule has 2 aromatic carbocycles. The van der Waals surface area contributed by atoms with Crippen LogP contribution >= 0.6 is 11.3 Å². The first kappa shape index (κ1) is 34.8. The van der Waals surface area contributed by atoms with Crippen molar-refractivity contribution in [3.63, 3.8) is 0 Å². The number of nitrogens with one attached hydrogen (secondary N) is 1. The van der Waals surface area contributed by atoms with Gasteiger partial charge in [0.25, 0.3) is 0 Å². The minimum Gasteiger partial charge on any atom is -0.465 e. The monoisotopic (exact) mass is 635 g/mol. The molecule has 0 saturated carbocycles. The van der Waals surface area contributed by atoms with Crippen molar-refractivity contribution in [2.24, 2.45) is 5.92 Å². The number of carbonyl (C=O) groups excluding carboxylic acids is 1. The van der Waals surface area contributed by atoms with Crippen LogP contribution in [-0.4, -0.2) is 57.0 Å². The molecule has 45 heavy (non-hydrogen) atoms. The first-order valence-electron chi connectivity index (χ1n) is 16.6. The number of esters is 1. The van der Waals surface area contributed by atoms with Gasteiger partial charge in [0, 0.05) is 38.5 Å². The number of ether oxygens (including phenoxy) is 2. The second-order valence-corrected chi connectivity index (χ2v) is 12.8. The van der Waals surface area contributed by atoms with E-state index in [9.17, 15) is 4.79 Å². The number of hydrogen-bond donors (Lipinski definition) is 1. The molecule has 6 nitrogen and oxygen atoms in total. The van der Waals surface area contributed by atoms with E-state index < -0.39 is 0 Å². The van der Waals surface area contributed by atoms with E-state index in [0.29, 0.717) is 17.0 Å². The summed E-state index contributed by atoms with van der Waals surface area (Å²) < 4.78 is 26.9. The first-order chi connectivity index (χ1) is 21.9. The third-order valence-corrected chi connectivity index (χ3v) is 10.4. The molecule has 0 spiro atoms. The second-order valence-electron chi connectivity index (χ2n) is 11.8. The van der Waals surface area contributed by atoms with Crippen LogP contribution in [0, 0.1) is 11.7 Å². The van der Waals surface area contributed by atoms with Crippen LogP contribution in [0.15, 0.2) is 48.7 Å². The fraction of sp³-hybridized carbons (Fsp3) is 0.514. The van der Waals surface area contributed by atoms with Crippen LogP contribution in [0.2, 0.25) is 0 Å². The van der Waals surface area contributed by atoms with E-state index in [-0.39, 0.29) is 17.4 Å². The number of unbranched alkanes of at least 4 members (excludes halogenated alkanes) is 1. The van der Waals surface area contributed by atoms with Gasteiger partial charge in [-0.15, -0.1) is 0 Å². The van der Waals surface area contributed by atoms with Crippen molar-refractivity contribution in [2.75, 3.05) is 45.3 Å². The van der Waals surface area contributed by atoms with Crippen LogP contribution < -0.4 is 10.2 Å². The summed E-state index contributed by atoms with van der Waals surface area (Å²) in [4.78, 5) is 20.4. The Morgan fingerprint density at radius 3 is 2.58 bits per heavy atom. The lowest BCUT2D eigenvalue weighted by atomic mass is 9.79. The summed E-state index contributed by atoms with van der Waals surface area (Å²) in [5, 5.41) is 4.25. The van der Waals surface area contributed by atoms with E-state index in [1.165, 1.54) is 26.4 Å². The highest BCUT2D eigenvalue weighted by molar-refractivity contribution is 7.18. The fourth-order valence-electron chi connectivity index (χ4n) is 6.57. The number of nitrogens with zero attached hydrogens (tertiary/aromatic N) is 2. The summed E-state index contributed by atoms with van der Waals surface area (Å²) in [5.41, 5.74) is 4.55. The lowest BCUT2D eigenvalue weighted by Gasteiger charge is -2.37. The number of benzene rings is 2. The van der Waals surface area contributed by atoms with Crippen LogP contribution in [0.3, 0.4) is 0 Å². The van der Waals surface area contributed by atoms with Gasteiger partial charge in [0.15, 0.2) is 5.13 Å². The maximum absolute atomic E-state index is 15.6. The predicted octanol–water partition coefficient (Wildman–Crippen LogP) is 9.01. The van der Waals surface area contributed by atoms with E-state index in [1.807, 2.05) is 45.2 Å². The van der Waals surface area contributed by atoms with E-state index in [2.05, 4.69) is 30.1 Å². The molecule has 0 radical (unpaired) electrons. The normalized spacial score (nSPS) is 19.2. The standard InChI is InChI=1S/C35H44FN3O3S.C2H6/c1-5-6-8-24(2)35(42-4)15-7-19-39(20-16-35)34-38-23-32(43-34)29-12-10-27(22-31(29)36)26-9-11-28(33(40)41-3)30(21-26)25-13-17-37-18-14-25;1-2/h9-13,21-24,37H,5-8,14-20H2,1-4H3;1-2H3. The zero-order valence-electron chi connectivity index (χ0n) is 27.9. The van der Waals surface area contributed by atoms with Gasteiger partial charge >= 0.3 is 5.97 Å². The molecule has 8 heteroatoms. The summed E-state index contributed by atoms with van der Waals surface area (Å²) in [6.07, 6.45) is 11.4. The Morgan fingerprint density at radius 1 is 1.11 bits per heavy atom. The molecule has 3 aromatic rings. The van der Waals surface area contributed by atoms with Gasteiger partial charge in [-0.05, 0) is 91.1 Å². The minimum atomic E-state index is -0.369. The summed E-state index contributed by atoms with van der Waals surface area (Å²) in [6, 6.07) is 11.0. The zero-order valence-corrected chi connectivity index (χ0v) is 28.7. The predicted molar refractivity (Wildman–Crippen MR) is 186 cm³/mol. The number of halogens is 1. The number of aromatic nitrogens is 1. The van der Waals surface area contributed by atoms with Gasteiger partial charge in [0.05, 0.1) is 23.2 Å². The molecule has 3 heterocycles. The van der Waals surface area contributed by atoms with Gasteiger partial charge in [-0.1, -0.05) is 70.1 Å². The Balaban J connectivity index is 0.00000226. The molecule has 0 bridgehead atoms. The number of rotatable bonds is 10. The zero-order chi connectivity index (χ0) is 32.4.